The van der Waals surface area contributed by atoms with Crippen molar-refractivity contribution in [3.63, 3.8) is 0 Å². The summed E-state index contributed by atoms with van der Waals surface area (Å²) in [5.41, 5.74) is -0.0137. The first-order valence-electron chi connectivity index (χ1n) is 5.47. The molecule has 0 unspecified atom stereocenters. The Kier molecular flexibility index (Phi) is 3.27. The Balaban J connectivity index is 2.10. The minimum Gasteiger partial charge on any atom is -0.477 e. The van der Waals surface area contributed by atoms with E-state index in [1.54, 1.807) is 23.1 Å². The van der Waals surface area contributed by atoms with Crippen molar-refractivity contribution in [2.75, 3.05) is 0 Å². The predicted molar refractivity (Wildman–Crippen MR) is 63.9 cm³/mol. The Labute approximate surface area is 104 Å². The molecule has 0 radical (unpaired) electrons. The van der Waals surface area contributed by atoms with Gasteiger partial charge in [0.2, 0.25) is 0 Å². The molecule has 94 valence electrons. The highest BCUT2D eigenvalue weighted by atomic mass is 16.5. The fourth-order valence-corrected chi connectivity index (χ4v) is 1.36. The third-order valence-corrected chi connectivity index (χ3v) is 2.30. The quantitative estimate of drug-likeness (QED) is 0.897. The van der Waals surface area contributed by atoms with Gasteiger partial charge in [0.05, 0.1) is 18.6 Å². The number of hydrogen-bond acceptors (Lipinski definition) is 4. The number of carboxylic acids is 1. The van der Waals surface area contributed by atoms with Crippen LogP contribution in [0.5, 0.6) is 11.5 Å². The molecule has 0 spiro atoms. The zero-order valence-corrected chi connectivity index (χ0v) is 10.1. The van der Waals surface area contributed by atoms with Crippen molar-refractivity contribution in [2.24, 2.45) is 0 Å². The minimum absolute atomic E-state index is 0.0137. The van der Waals surface area contributed by atoms with Crippen LogP contribution in [0.4, 0.5) is 0 Å². The second-order valence-electron chi connectivity index (χ2n) is 4.04. The number of nitrogens with zero attached hydrogens (tertiary/aromatic N) is 3. The van der Waals surface area contributed by atoms with E-state index in [1.165, 1.54) is 12.3 Å². The van der Waals surface area contributed by atoms with E-state index in [9.17, 15) is 4.79 Å². The number of carboxylic acid groups (broad SMARTS) is 1. The van der Waals surface area contributed by atoms with E-state index in [4.69, 9.17) is 9.84 Å². The van der Waals surface area contributed by atoms with Crippen LogP contribution in [-0.2, 0) is 0 Å². The largest absolute Gasteiger partial charge is 0.477 e. The molecular weight excluding hydrogens is 234 g/mol. The van der Waals surface area contributed by atoms with E-state index in [0.29, 0.717) is 11.5 Å². The summed E-state index contributed by atoms with van der Waals surface area (Å²) in [6.07, 6.45) is 4.75. The van der Waals surface area contributed by atoms with Crippen molar-refractivity contribution in [1.82, 2.24) is 14.8 Å². The van der Waals surface area contributed by atoms with Crippen LogP contribution in [0.2, 0.25) is 0 Å². The first-order chi connectivity index (χ1) is 8.56. The van der Waals surface area contributed by atoms with Crippen LogP contribution >= 0.6 is 0 Å². The lowest BCUT2D eigenvalue weighted by Gasteiger charge is -2.04. The molecule has 0 aromatic carbocycles. The third kappa shape index (κ3) is 2.65. The van der Waals surface area contributed by atoms with E-state index in [0.717, 1.165) is 0 Å². The molecule has 0 aliphatic rings. The molecule has 2 aromatic heterocycles. The molecule has 0 bridgehead atoms. The van der Waals surface area contributed by atoms with Crippen molar-refractivity contribution >= 4 is 5.97 Å². The number of aromatic nitrogens is 3. The fourth-order valence-electron chi connectivity index (χ4n) is 1.36. The van der Waals surface area contributed by atoms with Crippen LogP contribution in [0.25, 0.3) is 0 Å². The Morgan fingerprint density at radius 3 is 2.61 bits per heavy atom. The lowest BCUT2D eigenvalue weighted by Crippen LogP contribution is -2.00. The lowest BCUT2D eigenvalue weighted by atomic mass is 10.3. The summed E-state index contributed by atoms with van der Waals surface area (Å²) in [4.78, 5) is 14.4. The molecule has 1 N–H and O–H groups in total. The summed E-state index contributed by atoms with van der Waals surface area (Å²) in [7, 11) is 0. The number of carbonyl (C=O) groups is 1. The first-order valence-corrected chi connectivity index (χ1v) is 5.47. The summed E-state index contributed by atoms with van der Waals surface area (Å²) in [5, 5.41) is 12.8. The molecule has 0 saturated carbocycles. The summed E-state index contributed by atoms with van der Waals surface area (Å²) >= 11 is 0. The average molecular weight is 247 g/mol. The number of rotatable bonds is 4. The SMILES string of the molecule is CC(C)n1cc(Oc2ccc(C(=O)O)nc2)cn1. The van der Waals surface area contributed by atoms with Gasteiger partial charge < -0.3 is 9.84 Å². The zero-order valence-electron chi connectivity index (χ0n) is 10.1. The third-order valence-electron chi connectivity index (χ3n) is 2.30. The highest BCUT2D eigenvalue weighted by Gasteiger charge is 2.06. The van der Waals surface area contributed by atoms with Crippen LogP contribution in [0.1, 0.15) is 30.4 Å². The zero-order chi connectivity index (χ0) is 13.1. The van der Waals surface area contributed by atoms with E-state index in [1.807, 2.05) is 13.8 Å². The average Bonchev–Trinajstić information content (AvgIpc) is 2.78. The van der Waals surface area contributed by atoms with Gasteiger partial charge in [-0.3, -0.25) is 4.68 Å². The Hall–Kier alpha value is -2.37. The molecular formula is C12H13N3O3. The highest BCUT2D eigenvalue weighted by Crippen LogP contribution is 2.20. The van der Waals surface area contributed by atoms with Crippen molar-refractivity contribution in [1.29, 1.82) is 0 Å². The van der Waals surface area contributed by atoms with Crippen molar-refractivity contribution in [3.05, 3.63) is 36.4 Å². The molecule has 2 rings (SSSR count). The molecule has 0 amide bonds. The summed E-state index contributed by atoms with van der Waals surface area (Å²) in [6, 6.07) is 3.21. The van der Waals surface area contributed by atoms with Crippen molar-refractivity contribution in [2.45, 2.75) is 19.9 Å². The molecule has 0 fully saturated rings. The van der Waals surface area contributed by atoms with E-state index in [-0.39, 0.29) is 11.7 Å². The van der Waals surface area contributed by atoms with Gasteiger partial charge in [0.1, 0.15) is 11.4 Å². The number of aromatic carboxylic acids is 1. The van der Waals surface area contributed by atoms with Gasteiger partial charge >= 0.3 is 5.97 Å². The van der Waals surface area contributed by atoms with E-state index >= 15 is 0 Å². The molecule has 2 aromatic rings. The van der Waals surface area contributed by atoms with Gasteiger partial charge in [-0.05, 0) is 26.0 Å². The van der Waals surface area contributed by atoms with E-state index < -0.39 is 5.97 Å². The second-order valence-corrected chi connectivity index (χ2v) is 4.04. The monoisotopic (exact) mass is 247 g/mol. The van der Waals surface area contributed by atoms with Gasteiger partial charge in [-0.25, -0.2) is 9.78 Å². The first kappa shape index (κ1) is 12.1. The van der Waals surface area contributed by atoms with E-state index in [2.05, 4.69) is 10.1 Å². The van der Waals surface area contributed by atoms with Gasteiger partial charge in [0.25, 0.3) is 0 Å². The second kappa shape index (κ2) is 4.87. The summed E-state index contributed by atoms with van der Waals surface area (Å²) in [6.45, 7) is 4.03. The molecule has 0 aliphatic heterocycles. The molecule has 18 heavy (non-hydrogen) atoms. The Bertz CT molecular complexity index is 546. The van der Waals surface area contributed by atoms with Gasteiger partial charge in [-0.2, -0.15) is 5.10 Å². The van der Waals surface area contributed by atoms with Gasteiger partial charge in [-0.15, -0.1) is 0 Å². The smallest absolute Gasteiger partial charge is 0.354 e. The molecule has 0 aliphatic carbocycles. The topological polar surface area (TPSA) is 77.2 Å². The summed E-state index contributed by atoms with van der Waals surface area (Å²) < 4.78 is 7.28. The number of pyridine rings is 1. The van der Waals surface area contributed by atoms with Crippen molar-refractivity contribution in [3.8, 4) is 11.5 Å². The minimum atomic E-state index is -1.06. The van der Waals surface area contributed by atoms with Crippen LogP contribution in [0.3, 0.4) is 0 Å². The van der Waals surface area contributed by atoms with Crippen molar-refractivity contribution < 1.29 is 14.6 Å². The predicted octanol–water partition coefficient (Wildman–Crippen LogP) is 2.35. The Morgan fingerprint density at radius 2 is 2.11 bits per heavy atom. The normalized spacial score (nSPS) is 10.6. The van der Waals surface area contributed by atoms with Gasteiger partial charge in [-0.1, -0.05) is 0 Å². The molecule has 2 heterocycles. The maximum atomic E-state index is 10.6. The van der Waals surface area contributed by atoms with Crippen LogP contribution < -0.4 is 4.74 Å². The fraction of sp³-hybridized carbons (Fsp3) is 0.250. The molecule has 6 heteroatoms. The van der Waals surface area contributed by atoms with Crippen LogP contribution in [0, 0.1) is 0 Å². The van der Waals surface area contributed by atoms with Gasteiger partial charge in [0, 0.05) is 6.04 Å². The maximum absolute atomic E-state index is 10.6. The van der Waals surface area contributed by atoms with Crippen LogP contribution in [-0.4, -0.2) is 25.8 Å². The molecule has 0 saturated heterocycles. The molecule has 0 atom stereocenters. The Morgan fingerprint density at radius 1 is 1.33 bits per heavy atom. The maximum Gasteiger partial charge on any atom is 0.354 e. The lowest BCUT2D eigenvalue weighted by molar-refractivity contribution is 0.0690. The standard InChI is InChI=1S/C12H13N3O3/c1-8(2)15-7-10(6-14-15)18-9-3-4-11(12(16)17)13-5-9/h3-8H,1-2H3,(H,16,17). The van der Waals surface area contributed by atoms with Crippen LogP contribution in [0.15, 0.2) is 30.7 Å². The number of hydrogen-bond donors (Lipinski definition) is 1. The highest BCUT2D eigenvalue weighted by molar-refractivity contribution is 5.85. The number of ether oxygens (including phenoxy) is 1. The van der Waals surface area contributed by atoms with Gasteiger partial charge in [0.15, 0.2) is 5.75 Å². The molecule has 6 nitrogen and oxygen atoms in total. The summed E-state index contributed by atoms with van der Waals surface area (Å²) in [5.74, 6) is 0.00561.